The highest BCUT2D eigenvalue weighted by atomic mass is 19.1. The molecule has 412 valence electrons. The number of nitriles is 1. The van der Waals surface area contributed by atoms with Crippen molar-refractivity contribution in [3.8, 4) is 58.6 Å². The van der Waals surface area contributed by atoms with Gasteiger partial charge in [0.25, 0.3) is 11.5 Å². The van der Waals surface area contributed by atoms with Gasteiger partial charge in [-0.1, -0.05) is 39.3 Å². The molecule has 9 heterocycles. The van der Waals surface area contributed by atoms with Crippen LogP contribution in [-0.4, -0.2) is 120 Å². The van der Waals surface area contributed by atoms with Crippen molar-refractivity contribution in [1.82, 2.24) is 34.3 Å². The number of aliphatic hydroxyl groups is 1. The lowest BCUT2D eigenvalue weighted by Gasteiger charge is -2.36. The van der Waals surface area contributed by atoms with Gasteiger partial charge in [0.2, 0.25) is 0 Å². The number of hydrogen-bond acceptors (Lipinski definition) is 15. The molecule has 7 aromatic rings. The Kier molecular flexibility index (Phi) is 15.0. The van der Waals surface area contributed by atoms with E-state index < -0.39 is 41.5 Å². The number of phenolic OH excluding ortho intramolecular Hbond substituents is 1. The highest BCUT2D eigenvalue weighted by Gasteiger charge is 2.49. The third kappa shape index (κ3) is 9.45. The van der Waals surface area contributed by atoms with Gasteiger partial charge in [-0.15, -0.1) is 6.42 Å². The van der Waals surface area contributed by atoms with Crippen LogP contribution in [0.1, 0.15) is 87.8 Å². The maximum absolute atomic E-state index is 17.3. The van der Waals surface area contributed by atoms with E-state index in [0.29, 0.717) is 53.2 Å². The number of aryl methyl sites for hydroxylation is 1. The van der Waals surface area contributed by atoms with Crippen LogP contribution in [0.2, 0.25) is 0 Å². The van der Waals surface area contributed by atoms with Crippen molar-refractivity contribution in [3.63, 3.8) is 0 Å². The van der Waals surface area contributed by atoms with Gasteiger partial charge in [-0.2, -0.15) is 15.2 Å². The number of aromatic hydroxyl groups is 1. The number of phenols is 1. The van der Waals surface area contributed by atoms with E-state index in [-0.39, 0.29) is 119 Å². The summed E-state index contributed by atoms with van der Waals surface area (Å²) < 4.78 is 66.5. The zero-order chi connectivity index (χ0) is 56.9. The summed E-state index contributed by atoms with van der Waals surface area (Å²) in [6.07, 6.45) is 6.34. The minimum absolute atomic E-state index is 0.0560. The van der Waals surface area contributed by atoms with E-state index in [4.69, 9.17) is 35.9 Å². The number of piperazine rings is 1. The third-order valence-electron chi connectivity index (χ3n) is 15.7. The molecule has 4 unspecified atom stereocenters. The number of aromatic nitrogens is 5. The monoisotopic (exact) mass is 1090 g/mol. The molecule has 5 aliphatic heterocycles. The van der Waals surface area contributed by atoms with E-state index in [9.17, 15) is 29.0 Å². The number of carbonyl (C=O) groups excluding carboxylic acids is 2. The molecule has 0 saturated carbocycles. The van der Waals surface area contributed by atoms with Crippen LogP contribution in [0, 0.1) is 35.3 Å². The number of halogens is 3. The lowest BCUT2D eigenvalue weighted by atomic mass is 9.95. The molecule has 3 fully saturated rings. The molecule has 0 radical (unpaired) electrons. The van der Waals surface area contributed by atoms with Crippen molar-refractivity contribution in [2.75, 3.05) is 50.8 Å². The largest absolute Gasteiger partial charge is 0.508 e. The number of carbonyl (C=O) groups is 2. The van der Waals surface area contributed by atoms with Crippen molar-refractivity contribution >= 4 is 50.3 Å². The van der Waals surface area contributed by atoms with Gasteiger partial charge in [0.05, 0.1) is 51.6 Å². The Hall–Kier alpha value is -8.59. The van der Waals surface area contributed by atoms with E-state index in [1.807, 2.05) is 37.8 Å². The van der Waals surface area contributed by atoms with Crippen LogP contribution in [-0.2, 0) is 33.9 Å². The number of nitrogens with zero attached hydrogens (tertiary/aromatic N) is 9. The molecule has 3 aromatic carbocycles. The third-order valence-corrected chi connectivity index (χ3v) is 15.7. The minimum Gasteiger partial charge on any atom is -0.508 e. The Bertz CT molecular complexity index is 3850. The van der Waals surface area contributed by atoms with Crippen molar-refractivity contribution in [2.45, 2.75) is 97.4 Å². The smallest absolute Gasteiger partial charge is 0.340 e. The molecule has 0 spiro atoms. The van der Waals surface area contributed by atoms with Gasteiger partial charge in [-0.3, -0.25) is 19.5 Å². The molecule has 2 N–H and O–H groups in total. The number of rotatable bonds is 10. The molecule has 0 aliphatic carbocycles. The van der Waals surface area contributed by atoms with Crippen LogP contribution >= 0.6 is 0 Å². The molecule has 4 aromatic heterocycles. The van der Waals surface area contributed by atoms with Gasteiger partial charge < -0.3 is 38.8 Å². The lowest BCUT2D eigenvalue weighted by Crippen LogP contribution is -2.50. The first kappa shape index (κ1) is 54.8. The molecular weight excluding hydrogens is 1030 g/mol. The molecule has 12 rings (SSSR count). The summed E-state index contributed by atoms with van der Waals surface area (Å²) in [5, 5.41) is 30.2. The van der Waals surface area contributed by atoms with E-state index in [0.717, 1.165) is 35.9 Å². The summed E-state index contributed by atoms with van der Waals surface area (Å²) in [6, 6.07) is 14.0. The van der Waals surface area contributed by atoms with Crippen molar-refractivity contribution in [2.24, 2.45) is 0 Å². The zero-order valence-corrected chi connectivity index (χ0v) is 44.9. The number of cyclic esters (lactones) is 1. The van der Waals surface area contributed by atoms with Gasteiger partial charge in [0.1, 0.15) is 59.8 Å². The van der Waals surface area contributed by atoms with Gasteiger partial charge >= 0.3 is 12.0 Å². The summed E-state index contributed by atoms with van der Waals surface area (Å²) in [5.74, 6) is 0.200. The molecule has 3 saturated heterocycles. The van der Waals surface area contributed by atoms with Gasteiger partial charge in [0.15, 0.2) is 11.9 Å². The average Bonchev–Trinajstić information content (AvgIpc) is 4.14. The number of esters is 1. The van der Waals surface area contributed by atoms with Crippen LogP contribution in [0.25, 0.3) is 55.2 Å². The molecule has 80 heavy (non-hydrogen) atoms. The first-order valence-electron chi connectivity index (χ1n) is 26.6. The molecule has 1 amide bonds. The van der Waals surface area contributed by atoms with Crippen molar-refractivity contribution in [3.05, 3.63) is 117 Å². The number of hydrogen-bond donors (Lipinski definition) is 2. The quantitative estimate of drug-likeness (QED) is 0.0749. The van der Waals surface area contributed by atoms with E-state index in [2.05, 4.69) is 27.4 Å². The predicted octanol–water partition coefficient (Wildman–Crippen LogP) is 8.38. The highest BCUT2D eigenvalue weighted by molar-refractivity contribution is 6.03. The first-order valence-corrected chi connectivity index (χ1v) is 26.6. The fraction of sp³-hybridized carbons (Fsp3) is 0.367. The normalized spacial score (nSPS) is 19.3. The number of ether oxygens (including phenoxy) is 3. The Balaban J connectivity index is 0.00000139. The van der Waals surface area contributed by atoms with E-state index >= 15 is 8.78 Å². The Morgan fingerprint density at radius 1 is 1.02 bits per heavy atom. The highest BCUT2D eigenvalue weighted by Crippen LogP contribution is 2.43. The number of terminal acetylenes is 1. The fourth-order valence-corrected chi connectivity index (χ4v) is 11.9. The molecular formula is C60H58F3N9O8. The second kappa shape index (κ2) is 21.9. The van der Waals surface area contributed by atoms with Crippen LogP contribution in [0.3, 0.4) is 0 Å². The lowest BCUT2D eigenvalue weighted by molar-refractivity contribution is -0.157. The van der Waals surface area contributed by atoms with E-state index in [1.54, 1.807) is 34.6 Å². The fourth-order valence-electron chi connectivity index (χ4n) is 11.9. The van der Waals surface area contributed by atoms with Gasteiger partial charge in [0, 0.05) is 85.3 Å². The average molecular weight is 1090 g/mol. The summed E-state index contributed by atoms with van der Waals surface area (Å²) in [6.45, 7) is 15.5. The van der Waals surface area contributed by atoms with Crippen LogP contribution in [0.4, 0.5) is 19.0 Å². The number of alkyl halides is 1. The standard InChI is InChI=1S/C56H49F3N8O8.C2H3N.C2H6/c1-5-34-36-20-33(9-11-43(36)61-47-40(34)25-67-44(47)21-37-41(53(67)71)26-73-54(72)50(37)69)75-29(4)28(3)52(70)65-16-14-64(15-17-65)51-39-23-60-48(38-19-32(68)18-30-8-10-42(58)35(6-2)45(30)38)46(59)49(39)62-55(63-51)74-27-56-12-7-13-66(56)24-31(57)22-56;1-2-3;1-2/h2,8-11,18-21,23,29,31,50,68-69H,3,5,7,12-17,22,24-27H2,1,4H3;1H3;1-2H3. The minimum atomic E-state index is -1.56. The van der Waals surface area contributed by atoms with E-state index in [1.165, 1.54) is 37.4 Å². The second-order valence-electron chi connectivity index (χ2n) is 20.1. The molecule has 0 bridgehead atoms. The second-order valence-corrected chi connectivity index (χ2v) is 20.1. The predicted molar refractivity (Wildman–Crippen MR) is 294 cm³/mol. The summed E-state index contributed by atoms with van der Waals surface area (Å²) in [7, 11) is 0. The van der Waals surface area contributed by atoms with Crippen LogP contribution in [0.15, 0.2) is 71.7 Å². The Morgan fingerprint density at radius 2 is 1.79 bits per heavy atom. The zero-order valence-electron chi connectivity index (χ0n) is 44.9. The summed E-state index contributed by atoms with van der Waals surface area (Å²) in [5.41, 5.74) is 2.88. The van der Waals surface area contributed by atoms with Crippen LogP contribution < -0.4 is 19.9 Å². The maximum Gasteiger partial charge on any atom is 0.340 e. The molecule has 4 atom stereocenters. The summed E-state index contributed by atoms with van der Waals surface area (Å²) >= 11 is 0. The maximum atomic E-state index is 17.3. The Morgan fingerprint density at radius 3 is 2.52 bits per heavy atom. The SMILES string of the molecule is C#Cc1c(F)ccc2cc(O)cc(-c3ncc4c(N5CCN(C(=O)C(=C)C(C)Oc6ccc7nc8c(c(CC)c7c6)Cn6c-8cc7c(c6=O)COC(=O)C7O)CC5)nc(OCC56CCCN5CC(F)C6)nc4c3F)c12.CC.CC#N. The summed E-state index contributed by atoms with van der Waals surface area (Å²) in [4.78, 5) is 64.4. The topological polar surface area (TPSA) is 209 Å². The molecule has 20 heteroatoms. The number of aliphatic hydroxyl groups excluding tert-OH is 1. The number of pyridine rings is 3. The number of fused-ring (bicyclic) bond motifs is 8. The van der Waals surface area contributed by atoms with Crippen molar-refractivity contribution < 1.29 is 47.2 Å². The molecule has 17 nitrogen and oxygen atoms in total. The number of anilines is 1. The first-order chi connectivity index (χ1) is 38.6. The number of benzene rings is 3. The molecule has 5 aliphatic rings. The van der Waals surface area contributed by atoms with Crippen LogP contribution in [0.5, 0.6) is 17.5 Å². The Labute approximate surface area is 458 Å². The van der Waals surface area contributed by atoms with Crippen molar-refractivity contribution in [1.29, 1.82) is 5.26 Å². The van der Waals surface area contributed by atoms with Gasteiger partial charge in [-0.05, 0) is 86.1 Å². The number of amides is 1. The van der Waals surface area contributed by atoms with Gasteiger partial charge in [-0.25, -0.2) is 22.9 Å².